The summed E-state index contributed by atoms with van der Waals surface area (Å²) in [6.45, 7) is 1.38. The highest BCUT2D eigenvalue weighted by atomic mass is 79.9. The quantitative estimate of drug-likeness (QED) is 0.832. The second-order valence-corrected chi connectivity index (χ2v) is 6.48. The van der Waals surface area contributed by atoms with E-state index < -0.39 is 5.97 Å². The standard InChI is InChI=1S/C14H14BrNO3S/c1-19-12-5-10(14(17)18)2-3-11(12)7-16-6-9-4-13(15)20-8-9/h2-5,8,16H,6-7H2,1H3,(H,17,18). The lowest BCUT2D eigenvalue weighted by Gasteiger charge is -2.10. The fraction of sp³-hybridized carbons (Fsp3) is 0.214. The largest absolute Gasteiger partial charge is 0.496 e. The fourth-order valence-electron chi connectivity index (χ4n) is 1.80. The summed E-state index contributed by atoms with van der Waals surface area (Å²) in [5.41, 5.74) is 2.38. The Balaban J connectivity index is 2.00. The Hall–Kier alpha value is -1.37. The molecule has 6 heteroatoms. The third-order valence-corrected chi connectivity index (χ3v) is 4.35. The molecule has 20 heavy (non-hydrogen) atoms. The van der Waals surface area contributed by atoms with E-state index in [1.807, 2.05) is 0 Å². The molecule has 2 N–H and O–H groups in total. The Morgan fingerprint density at radius 1 is 1.40 bits per heavy atom. The van der Waals surface area contributed by atoms with Gasteiger partial charge >= 0.3 is 5.97 Å². The molecule has 2 aromatic rings. The maximum absolute atomic E-state index is 10.9. The van der Waals surface area contributed by atoms with Gasteiger partial charge in [-0.05, 0) is 45.1 Å². The maximum Gasteiger partial charge on any atom is 0.335 e. The topological polar surface area (TPSA) is 58.6 Å². The molecule has 0 saturated heterocycles. The summed E-state index contributed by atoms with van der Waals surface area (Å²) in [4.78, 5) is 10.9. The lowest BCUT2D eigenvalue weighted by Crippen LogP contribution is -2.13. The average molecular weight is 356 g/mol. The van der Waals surface area contributed by atoms with E-state index in [1.165, 1.54) is 5.56 Å². The summed E-state index contributed by atoms with van der Waals surface area (Å²) < 4.78 is 6.34. The molecule has 0 radical (unpaired) electrons. The van der Waals surface area contributed by atoms with Gasteiger partial charge in [0.25, 0.3) is 0 Å². The highest BCUT2D eigenvalue weighted by Crippen LogP contribution is 2.22. The predicted octanol–water partition coefficient (Wildman–Crippen LogP) is 3.51. The predicted molar refractivity (Wildman–Crippen MR) is 82.5 cm³/mol. The molecule has 0 saturated carbocycles. The molecule has 0 spiro atoms. The SMILES string of the molecule is COc1cc(C(=O)O)ccc1CNCc1csc(Br)c1. The zero-order valence-electron chi connectivity index (χ0n) is 10.9. The number of carboxylic acid groups (broad SMARTS) is 1. The summed E-state index contributed by atoms with van der Waals surface area (Å²) in [6.07, 6.45) is 0. The summed E-state index contributed by atoms with van der Waals surface area (Å²) in [7, 11) is 1.54. The summed E-state index contributed by atoms with van der Waals surface area (Å²) in [5.74, 6) is -0.366. The van der Waals surface area contributed by atoms with E-state index in [0.717, 1.165) is 15.9 Å². The van der Waals surface area contributed by atoms with Crippen LogP contribution in [0.1, 0.15) is 21.5 Å². The number of halogens is 1. The van der Waals surface area contributed by atoms with E-state index in [4.69, 9.17) is 9.84 Å². The Labute approximate surface area is 129 Å². The van der Waals surface area contributed by atoms with E-state index in [1.54, 1.807) is 36.6 Å². The van der Waals surface area contributed by atoms with Gasteiger partial charge < -0.3 is 15.2 Å². The van der Waals surface area contributed by atoms with Gasteiger partial charge in [0, 0.05) is 18.7 Å². The Kier molecular flexibility index (Phi) is 5.17. The van der Waals surface area contributed by atoms with Gasteiger partial charge in [0.1, 0.15) is 5.75 Å². The molecule has 1 heterocycles. The van der Waals surface area contributed by atoms with E-state index in [2.05, 4.69) is 32.7 Å². The molecule has 0 unspecified atom stereocenters. The Morgan fingerprint density at radius 3 is 2.80 bits per heavy atom. The lowest BCUT2D eigenvalue weighted by atomic mass is 10.1. The van der Waals surface area contributed by atoms with Crippen LogP contribution in [0.5, 0.6) is 5.75 Å². The molecule has 0 aliphatic rings. The number of thiophene rings is 1. The number of carbonyl (C=O) groups is 1. The number of carboxylic acids is 1. The smallest absolute Gasteiger partial charge is 0.335 e. The van der Waals surface area contributed by atoms with Crippen LogP contribution in [0.3, 0.4) is 0 Å². The van der Waals surface area contributed by atoms with Gasteiger partial charge in [0.05, 0.1) is 16.5 Å². The molecule has 2 rings (SSSR count). The van der Waals surface area contributed by atoms with Crippen molar-refractivity contribution < 1.29 is 14.6 Å². The van der Waals surface area contributed by atoms with Gasteiger partial charge in [0.2, 0.25) is 0 Å². The number of benzene rings is 1. The third-order valence-electron chi connectivity index (χ3n) is 2.80. The normalized spacial score (nSPS) is 10.5. The van der Waals surface area contributed by atoms with Gasteiger partial charge in [-0.3, -0.25) is 0 Å². The van der Waals surface area contributed by atoms with Crippen molar-refractivity contribution in [1.82, 2.24) is 5.32 Å². The second kappa shape index (κ2) is 6.88. The summed E-state index contributed by atoms with van der Waals surface area (Å²) in [5, 5.41) is 14.3. The van der Waals surface area contributed by atoms with Crippen molar-refractivity contribution in [2.45, 2.75) is 13.1 Å². The minimum Gasteiger partial charge on any atom is -0.496 e. The molecule has 0 aliphatic carbocycles. The highest BCUT2D eigenvalue weighted by Gasteiger charge is 2.08. The number of methoxy groups -OCH3 is 1. The number of hydrogen-bond acceptors (Lipinski definition) is 4. The van der Waals surface area contributed by atoms with Gasteiger partial charge in [-0.1, -0.05) is 6.07 Å². The number of nitrogens with one attached hydrogen (secondary N) is 1. The van der Waals surface area contributed by atoms with Crippen molar-refractivity contribution in [2.24, 2.45) is 0 Å². The van der Waals surface area contributed by atoms with Crippen LogP contribution in [0.2, 0.25) is 0 Å². The van der Waals surface area contributed by atoms with Crippen LogP contribution in [0.25, 0.3) is 0 Å². The first-order valence-electron chi connectivity index (χ1n) is 5.94. The van der Waals surface area contributed by atoms with Gasteiger partial charge in [-0.2, -0.15) is 0 Å². The molecule has 0 aliphatic heterocycles. The lowest BCUT2D eigenvalue weighted by molar-refractivity contribution is 0.0696. The zero-order chi connectivity index (χ0) is 14.5. The molecule has 0 fully saturated rings. The van der Waals surface area contributed by atoms with Crippen molar-refractivity contribution in [3.05, 3.63) is 50.1 Å². The molecular weight excluding hydrogens is 342 g/mol. The summed E-state index contributed by atoms with van der Waals surface area (Å²) >= 11 is 5.08. The molecule has 0 bridgehead atoms. The first-order chi connectivity index (χ1) is 9.60. The van der Waals surface area contributed by atoms with Crippen molar-refractivity contribution in [2.75, 3.05) is 7.11 Å². The third kappa shape index (κ3) is 3.82. The molecule has 0 amide bonds. The van der Waals surface area contributed by atoms with Crippen LogP contribution in [0.4, 0.5) is 0 Å². The minimum absolute atomic E-state index is 0.229. The monoisotopic (exact) mass is 355 g/mol. The number of aromatic carboxylic acids is 1. The van der Waals surface area contributed by atoms with Crippen molar-refractivity contribution in [3.8, 4) is 5.75 Å². The average Bonchev–Trinajstić information content (AvgIpc) is 2.84. The van der Waals surface area contributed by atoms with Crippen LogP contribution < -0.4 is 10.1 Å². The summed E-state index contributed by atoms with van der Waals surface area (Å²) in [6, 6.07) is 6.98. The molecule has 106 valence electrons. The molecule has 0 atom stereocenters. The van der Waals surface area contributed by atoms with Crippen LogP contribution in [-0.4, -0.2) is 18.2 Å². The number of hydrogen-bond donors (Lipinski definition) is 2. The van der Waals surface area contributed by atoms with E-state index in [9.17, 15) is 4.79 Å². The maximum atomic E-state index is 10.9. The van der Waals surface area contributed by atoms with E-state index >= 15 is 0 Å². The number of rotatable bonds is 6. The molecule has 1 aromatic carbocycles. The Morgan fingerprint density at radius 2 is 2.20 bits per heavy atom. The van der Waals surface area contributed by atoms with Gasteiger partial charge in [0.15, 0.2) is 0 Å². The minimum atomic E-state index is -0.953. The van der Waals surface area contributed by atoms with Gasteiger partial charge in [-0.25, -0.2) is 4.79 Å². The number of ether oxygens (including phenoxy) is 1. The van der Waals surface area contributed by atoms with E-state index in [-0.39, 0.29) is 5.56 Å². The first-order valence-corrected chi connectivity index (χ1v) is 7.61. The van der Waals surface area contributed by atoms with Crippen molar-refractivity contribution >= 4 is 33.2 Å². The van der Waals surface area contributed by atoms with Crippen molar-refractivity contribution in [1.29, 1.82) is 0 Å². The molecule has 4 nitrogen and oxygen atoms in total. The van der Waals surface area contributed by atoms with Crippen LogP contribution >= 0.6 is 27.3 Å². The van der Waals surface area contributed by atoms with Crippen molar-refractivity contribution in [3.63, 3.8) is 0 Å². The second-order valence-electron chi connectivity index (χ2n) is 4.19. The van der Waals surface area contributed by atoms with Crippen LogP contribution in [0.15, 0.2) is 33.4 Å². The molecule has 1 aromatic heterocycles. The van der Waals surface area contributed by atoms with Crippen LogP contribution in [-0.2, 0) is 13.1 Å². The van der Waals surface area contributed by atoms with E-state index in [0.29, 0.717) is 12.3 Å². The van der Waals surface area contributed by atoms with Gasteiger partial charge in [-0.15, -0.1) is 11.3 Å². The molecular formula is C14H14BrNO3S. The zero-order valence-corrected chi connectivity index (χ0v) is 13.3. The Bertz CT molecular complexity index is 612. The first kappa shape index (κ1) is 15.0. The van der Waals surface area contributed by atoms with Crippen LogP contribution in [0, 0.1) is 0 Å². The highest BCUT2D eigenvalue weighted by molar-refractivity contribution is 9.11. The fourth-order valence-corrected chi connectivity index (χ4v) is 3.01.